The Morgan fingerprint density at radius 2 is 1.84 bits per heavy atom. The van der Waals surface area contributed by atoms with Crippen molar-refractivity contribution in [2.45, 2.75) is 6.04 Å². The van der Waals surface area contributed by atoms with Crippen LogP contribution >= 0.6 is 0 Å². The lowest BCUT2D eigenvalue weighted by Crippen LogP contribution is -2.32. The molecule has 1 aliphatic heterocycles. The highest BCUT2D eigenvalue weighted by Crippen LogP contribution is 2.45. The van der Waals surface area contributed by atoms with E-state index in [9.17, 15) is 14.7 Å². The number of methoxy groups -OCH3 is 3. The first-order valence-electron chi connectivity index (χ1n) is 10.1. The molecule has 0 radical (unpaired) electrons. The number of para-hydroxylation sites is 2. The number of aliphatic hydroxyl groups is 1. The molecule has 2 aromatic carbocycles. The van der Waals surface area contributed by atoms with Crippen LogP contribution < -0.4 is 9.47 Å². The van der Waals surface area contributed by atoms with E-state index in [-0.39, 0.29) is 24.5 Å². The van der Waals surface area contributed by atoms with Crippen molar-refractivity contribution in [3.8, 4) is 11.5 Å². The number of benzene rings is 2. The van der Waals surface area contributed by atoms with Gasteiger partial charge in [-0.3, -0.25) is 9.59 Å². The maximum Gasteiger partial charge on any atom is 0.295 e. The minimum absolute atomic E-state index is 0.0117. The van der Waals surface area contributed by atoms with Gasteiger partial charge in [-0.1, -0.05) is 30.3 Å². The average molecular weight is 436 g/mol. The number of ketones is 1. The number of hydrogen-bond donors (Lipinski definition) is 2. The van der Waals surface area contributed by atoms with Gasteiger partial charge < -0.3 is 29.2 Å². The summed E-state index contributed by atoms with van der Waals surface area (Å²) in [5.41, 5.74) is 1.77. The number of aromatic nitrogens is 1. The van der Waals surface area contributed by atoms with Crippen molar-refractivity contribution >= 4 is 28.4 Å². The maximum atomic E-state index is 13.2. The Morgan fingerprint density at radius 1 is 1.06 bits per heavy atom. The summed E-state index contributed by atoms with van der Waals surface area (Å²) >= 11 is 0. The standard InChI is InChI=1S/C24H24N2O6/c1-30-12-11-26-20(15-8-6-10-18(31-2)23(15)32-3)19(22(28)24(26)29)21(27)16-13-25-17-9-5-4-7-14(16)17/h4-10,13,20,25,27H,11-12H2,1-3H3/b21-19+. The first-order valence-corrected chi connectivity index (χ1v) is 10.1. The summed E-state index contributed by atoms with van der Waals surface area (Å²) in [6.45, 7) is 0.389. The van der Waals surface area contributed by atoms with E-state index in [0.29, 0.717) is 22.6 Å². The van der Waals surface area contributed by atoms with Gasteiger partial charge in [0.25, 0.3) is 11.7 Å². The maximum absolute atomic E-state index is 13.2. The molecule has 3 aromatic rings. The molecule has 32 heavy (non-hydrogen) atoms. The molecule has 4 rings (SSSR count). The summed E-state index contributed by atoms with van der Waals surface area (Å²) in [6.07, 6.45) is 1.63. The number of rotatable bonds is 7. The van der Waals surface area contributed by atoms with Crippen molar-refractivity contribution in [2.24, 2.45) is 0 Å². The fraction of sp³-hybridized carbons (Fsp3) is 0.250. The number of nitrogens with zero attached hydrogens (tertiary/aromatic N) is 1. The minimum Gasteiger partial charge on any atom is -0.507 e. The van der Waals surface area contributed by atoms with Crippen molar-refractivity contribution in [1.29, 1.82) is 0 Å². The third-order valence-electron chi connectivity index (χ3n) is 5.65. The van der Waals surface area contributed by atoms with Crippen LogP contribution in [0.5, 0.6) is 11.5 Å². The number of aliphatic hydroxyl groups excluding tert-OH is 1. The Kier molecular flexibility index (Phi) is 5.87. The molecule has 1 amide bonds. The van der Waals surface area contributed by atoms with E-state index >= 15 is 0 Å². The van der Waals surface area contributed by atoms with Gasteiger partial charge in [0.2, 0.25) is 0 Å². The number of fused-ring (bicyclic) bond motifs is 1. The molecule has 1 fully saturated rings. The van der Waals surface area contributed by atoms with Gasteiger partial charge in [-0.15, -0.1) is 0 Å². The van der Waals surface area contributed by atoms with Gasteiger partial charge in [0, 0.05) is 41.9 Å². The van der Waals surface area contributed by atoms with Crippen LogP contribution in [0.15, 0.2) is 54.2 Å². The van der Waals surface area contributed by atoms with Crippen molar-refractivity contribution in [3.05, 3.63) is 65.4 Å². The molecule has 1 aromatic heterocycles. The summed E-state index contributed by atoms with van der Waals surface area (Å²) in [6, 6.07) is 11.8. The number of carbonyl (C=O) groups excluding carboxylic acids is 2. The second-order valence-electron chi connectivity index (χ2n) is 7.32. The number of Topliss-reactive ketones (excluding diaryl/α,β-unsaturated/α-hetero) is 1. The van der Waals surface area contributed by atoms with Gasteiger partial charge >= 0.3 is 0 Å². The molecule has 0 bridgehead atoms. The quantitative estimate of drug-likeness (QED) is 0.335. The molecule has 1 atom stereocenters. The molecule has 8 heteroatoms. The summed E-state index contributed by atoms with van der Waals surface area (Å²) in [5, 5.41) is 12.1. The zero-order valence-corrected chi connectivity index (χ0v) is 18.0. The molecule has 2 N–H and O–H groups in total. The highest BCUT2D eigenvalue weighted by Gasteiger charge is 2.47. The molecule has 1 aliphatic rings. The molecule has 2 heterocycles. The number of carbonyl (C=O) groups is 2. The van der Waals surface area contributed by atoms with Crippen molar-refractivity contribution in [1.82, 2.24) is 9.88 Å². The monoisotopic (exact) mass is 436 g/mol. The van der Waals surface area contributed by atoms with Crippen molar-refractivity contribution in [3.63, 3.8) is 0 Å². The molecule has 166 valence electrons. The highest BCUT2D eigenvalue weighted by atomic mass is 16.5. The summed E-state index contributed by atoms with van der Waals surface area (Å²) in [5.74, 6) is -0.892. The molecule has 8 nitrogen and oxygen atoms in total. The van der Waals surface area contributed by atoms with Gasteiger partial charge in [-0.25, -0.2) is 0 Å². The summed E-state index contributed by atoms with van der Waals surface area (Å²) in [7, 11) is 4.52. The number of H-pyrrole nitrogens is 1. The Balaban J connectivity index is 1.97. The number of amides is 1. The van der Waals surface area contributed by atoms with Gasteiger partial charge in [0.15, 0.2) is 11.5 Å². The third kappa shape index (κ3) is 3.38. The molecule has 0 spiro atoms. The molecule has 0 aliphatic carbocycles. The van der Waals surface area contributed by atoms with Crippen LogP contribution in [0.4, 0.5) is 0 Å². The number of nitrogens with one attached hydrogen (secondary N) is 1. The Bertz CT molecular complexity index is 1210. The SMILES string of the molecule is COCCN1C(=O)C(=O)/C(=C(/O)c2c[nH]c3ccccc23)C1c1cccc(OC)c1OC. The lowest BCUT2D eigenvalue weighted by Gasteiger charge is -2.26. The van der Waals surface area contributed by atoms with E-state index in [0.717, 1.165) is 10.9 Å². The predicted molar refractivity (Wildman–Crippen MR) is 119 cm³/mol. The molecular formula is C24H24N2O6. The highest BCUT2D eigenvalue weighted by molar-refractivity contribution is 6.46. The second kappa shape index (κ2) is 8.76. The summed E-state index contributed by atoms with van der Waals surface area (Å²) < 4.78 is 16.1. The molecule has 1 unspecified atom stereocenters. The normalized spacial score (nSPS) is 17.8. The van der Waals surface area contributed by atoms with Crippen LogP contribution in [0.2, 0.25) is 0 Å². The summed E-state index contributed by atoms with van der Waals surface area (Å²) in [4.78, 5) is 30.6. The van der Waals surface area contributed by atoms with E-state index in [1.165, 1.54) is 26.2 Å². The van der Waals surface area contributed by atoms with Crippen LogP contribution in [0.25, 0.3) is 16.7 Å². The van der Waals surface area contributed by atoms with E-state index in [1.54, 1.807) is 24.4 Å². The van der Waals surface area contributed by atoms with E-state index in [2.05, 4.69) is 4.98 Å². The minimum atomic E-state index is -0.871. The second-order valence-corrected chi connectivity index (χ2v) is 7.32. The fourth-order valence-electron chi connectivity index (χ4n) is 4.16. The number of ether oxygens (including phenoxy) is 3. The molecular weight excluding hydrogens is 412 g/mol. The lowest BCUT2D eigenvalue weighted by atomic mass is 9.94. The number of hydrogen-bond acceptors (Lipinski definition) is 6. The largest absolute Gasteiger partial charge is 0.507 e. The van der Waals surface area contributed by atoms with Gasteiger partial charge in [-0.05, 0) is 12.1 Å². The van der Waals surface area contributed by atoms with Crippen molar-refractivity contribution < 1.29 is 28.9 Å². The Labute approximate surface area is 185 Å². The Hall–Kier alpha value is -3.78. The first-order chi connectivity index (χ1) is 15.5. The number of likely N-dealkylation sites (tertiary alicyclic amines) is 1. The lowest BCUT2D eigenvalue weighted by molar-refractivity contribution is -0.140. The zero-order valence-electron chi connectivity index (χ0n) is 18.0. The fourth-order valence-corrected chi connectivity index (χ4v) is 4.16. The average Bonchev–Trinajstić information content (AvgIpc) is 3.36. The van der Waals surface area contributed by atoms with Crippen LogP contribution in [-0.4, -0.2) is 61.2 Å². The van der Waals surface area contributed by atoms with E-state index in [1.807, 2.05) is 24.3 Å². The van der Waals surface area contributed by atoms with E-state index < -0.39 is 17.7 Å². The molecule has 0 saturated carbocycles. The van der Waals surface area contributed by atoms with Crippen LogP contribution in [-0.2, 0) is 14.3 Å². The smallest absolute Gasteiger partial charge is 0.295 e. The molecule has 1 saturated heterocycles. The van der Waals surface area contributed by atoms with E-state index in [4.69, 9.17) is 14.2 Å². The van der Waals surface area contributed by atoms with Crippen LogP contribution in [0, 0.1) is 0 Å². The zero-order chi connectivity index (χ0) is 22.8. The predicted octanol–water partition coefficient (Wildman–Crippen LogP) is 3.25. The van der Waals surface area contributed by atoms with Crippen LogP contribution in [0.1, 0.15) is 17.2 Å². The van der Waals surface area contributed by atoms with Gasteiger partial charge in [0.05, 0.1) is 32.4 Å². The third-order valence-corrected chi connectivity index (χ3v) is 5.65. The number of aromatic amines is 1. The van der Waals surface area contributed by atoms with Gasteiger partial charge in [-0.2, -0.15) is 0 Å². The topological polar surface area (TPSA) is 101 Å². The Morgan fingerprint density at radius 3 is 2.56 bits per heavy atom. The van der Waals surface area contributed by atoms with Crippen LogP contribution in [0.3, 0.4) is 0 Å². The van der Waals surface area contributed by atoms with Crippen molar-refractivity contribution in [2.75, 3.05) is 34.5 Å². The first kappa shape index (κ1) is 21.5. The van der Waals surface area contributed by atoms with Gasteiger partial charge in [0.1, 0.15) is 5.76 Å².